The van der Waals surface area contributed by atoms with Gasteiger partial charge in [-0.3, -0.25) is 9.59 Å². The minimum Gasteiger partial charge on any atom is -0.377 e. The number of alkyl halides is 6. The monoisotopic (exact) mass is 268 g/mol. The smallest absolute Gasteiger partial charge is 0.377 e. The first-order valence-corrected chi connectivity index (χ1v) is 4.08. The molecule has 0 atom stereocenters. The van der Waals surface area contributed by atoms with Gasteiger partial charge in [0.1, 0.15) is 11.6 Å². The van der Waals surface area contributed by atoms with E-state index in [1.54, 1.807) is 0 Å². The normalized spacial score (nSPS) is 11.9. The Bertz CT molecular complexity index is 241. The molecule has 17 heavy (non-hydrogen) atoms. The number of rotatable bonds is 2. The highest BCUT2D eigenvalue weighted by molar-refractivity contribution is 5.96. The molecule has 0 heterocycles. The second-order valence-electron chi connectivity index (χ2n) is 3.07. The summed E-state index contributed by atoms with van der Waals surface area (Å²) in [5, 5.41) is 7.47. The van der Waals surface area contributed by atoms with Crippen molar-refractivity contribution < 1.29 is 41.0 Å². The quantitative estimate of drug-likeness (QED) is 0.615. The Morgan fingerprint density at radius 2 is 1.18 bits per heavy atom. The Morgan fingerprint density at radius 3 is 1.18 bits per heavy atom. The molecule has 0 amide bonds. The van der Waals surface area contributed by atoms with E-state index < -0.39 is 18.5 Å². The van der Waals surface area contributed by atoms with Crippen LogP contribution in [0.2, 0.25) is 0 Å². The molecular formula is C8H10F6O3. The van der Waals surface area contributed by atoms with Crippen LogP contribution in [0.25, 0.3) is 0 Å². The van der Waals surface area contributed by atoms with Crippen molar-refractivity contribution in [2.75, 3.05) is 0 Å². The van der Waals surface area contributed by atoms with Gasteiger partial charge >= 0.3 is 12.4 Å². The average molecular weight is 268 g/mol. The molecule has 9 heteroatoms. The van der Waals surface area contributed by atoms with E-state index >= 15 is 0 Å². The molecule has 0 saturated heterocycles. The first kappa shape index (κ1) is 18.3. The molecule has 0 aromatic heterocycles. The number of halogens is 6. The van der Waals surface area contributed by atoms with Gasteiger partial charge in [0.25, 0.3) is 0 Å². The number of carbonyl (C=O) groups excluding carboxylic acids is 2. The molecule has 0 fully saturated rings. The number of carbonyl (C=O) groups is 2. The summed E-state index contributed by atoms with van der Waals surface area (Å²) in [5.74, 6) is -0.125. The lowest BCUT2D eigenvalue weighted by atomic mass is 10.2. The van der Waals surface area contributed by atoms with Crippen molar-refractivity contribution in [1.29, 1.82) is 0 Å². The lowest BCUT2D eigenvalue weighted by Crippen LogP contribution is -2.41. The van der Waals surface area contributed by atoms with Crippen molar-refractivity contribution in [3.63, 3.8) is 0 Å². The molecule has 102 valence electrons. The molecular weight excluding hydrogens is 258 g/mol. The van der Waals surface area contributed by atoms with Crippen molar-refractivity contribution in [2.45, 2.75) is 38.7 Å². The van der Waals surface area contributed by atoms with Crippen molar-refractivity contribution in [3.8, 4) is 0 Å². The standard InChI is InChI=1S/C5H8O2.C3H2F6O/c1-4(6)3-5(2)7;4-2(5,6)1(10)3(7,8)9/h3H2,1-2H3;1,10H. The van der Waals surface area contributed by atoms with Gasteiger partial charge in [-0.05, 0) is 13.8 Å². The van der Waals surface area contributed by atoms with Crippen molar-refractivity contribution >= 4 is 11.6 Å². The first-order chi connectivity index (χ1) is 7.28. The van der Waals surface area contributed by atoms with Crippen molar-refractivity contribution in [2.24, 2.45) is 0 Å². The van der Waals surface area contributed by atoms with Gasteiger partial charge in [0.15, 0.2) is 0 Å². The fourth-order valence-electron chi connectivity index (χ4n) is 0.536. The zero-order valence-electron chi connectivity index (χ0n) is 8.82. The lowest BCUT2D eigenvalue weighted by Gasteiger charge is -2.16. The molecule has 0 saturated carbocycles. The van der Waals surface area contributed by atoms with Crippen LogP contribution < -0.4 is 0 Å². The second kappa shape index (κ2) is 6.58. The molecule has 0 aromatic rings. The molecule has 0 aromatic carbocycles. The summed E-state index contributed by atoms with van der Waals surface area (Å²) in [6.07, 6.45) is -15.4. The molecule has 0 rings (SSSR count). The van der Waals surface area contributed by atoms with Crippen molar-refractivity contribution in [3.05, 3.63) is 0 Å². The van der Waals surface area contributed by atoms with Gasteiger partial charge in [0, 0.05) is 0 Å². The Balaban J connectivity index is 0. The molecule has 3 nitrogen and oxygen atoms in total. The summed E-state index contributed by atoms with van der Waals surface area (Å²) < 4.78 is 65.9. The predicted molar refractivity (Wildman–Crippen MR) is 44.1 cm³/mol. The molecule has 0 spiro atoms. The number of aliphatic hydroxyl groups is 1. The second-order valence-corrected chi connectivity index (χ2v) is 3.07. The van der Waals surface area contributed by atoms with E-state index in [1.165, 1.54) is 13.8 Å². The molecule has 0 bridgehead atoms. The van der Waals surface area contributed by atoms with Crippen LogP contribution in [0.4, 0.5) is 26.3 Å². The third-order valence-electron chi connectivity index (χ3n) is 1.12. The zero-order chi connectivity index (χ0) is 14.4. The van der Waals surface area contributed by atoms with E-state index in [0.717, 1.165) is 0 Å². The van der Waals surface area contributed by atoms with Gasteiger partial charge in [-0.25, -0.2) is 0 Å². The van der Waals surface area contributed by atoms with Crippen LogP contribution in [-0.4, -0.2) is 35.1 Å². The van der Waals surface area contributed by atoms with Crippen LogP contribution in [0.5, 0.6) is 0 Å². The van der Waals surface area contributed by atoms with E-state index in [0.29, 0.717) is 0 Å². The maximum atomic E-state index is 11.0. The van der Waals surface area contributed by atoms with E-state index in [1.807, 2.05) is 0 Å². The highest BCUT2D eigenvalue weighted by Gasteiger charge is 2.55. The molecule has 0 aliphatic heterocycles. The maximum absolute atomic E-state index is 11.0. The van der Waals surface area contributed by atoms with Gasteiger partial charge in [0.05, 0.1) is 6.42 Å². The molecule has 0 aliphatic carbocycles. The van der Waals surface area contributed by atoms with E-state index in [-0.39, 0.29) is 18.0 Å². The van der Waals surface area contributed by atoms with Crippen LogP contribution >= 0.6 is 0 Å². The number of ketones is 2. The summed E-state index contributed by atoms with van der Waals surface area (Å²) in [4.78, 5) is 20.1. The van der Waals surface area contributed by atoms with Crippen LogP contribution in [0.1, 0.15) is 20.3 Å². The molecule has 0 aliphatic rings. The lowest BCUT2D eigenvalue weighted by molar-refractivity contribution is -0.308. The largest absolute Gasteiger partial charge is 0.423 e. The van der Waals surface area contributed by atoms with Gasteiger partial charge < -0.3 is 5.11 Å². The van der Waals surface area contributed by atoms with Crippen LogP contribution in [0.15, 0.2) is 0 Å². The Labute approximate surface area is 92.4 Å². The van der Waals surface area contributed by atoms with E-state index in [9.17, 15) is 35.9 Å². The summed E-state index contributed by atoms with van der Waals surface area (Å²) in [6.45, 7) is 2.81. The molecule has 0 radical (unpaired) electrons. The third-order valence-corrected chi connectivity index (χ3v) is 1.12. The highest BCUT2D eigenvalue weighted by Crippen LogP contribution is 2.32. The maximum Gasteiger partial charge on any atom is 0.423 e. The third kappa shape index (κ3) is 11.1. The summed E-state index contributed by atoms with van der Waals surface area (Å²) in [6, 6.07) is 0. The number of aliphatic hydroxyl groups excluding tert-OH is 1. The topological polar surface area (TPSA) is 54.4 Å². The number of hydrogen-bond donors (Lipinski definition) is 1. The average Bonchev–Trinajstić information content (AvgIpc) is 1.97. The zero-order valence-corrected chi connectivity index (χ0v) is 8.82. The van der Waals surface area contributed by atoms with Crippen LogP contribution in [0, 0.1) is 0 Å². The van der Waals surface area contributed by atoms with Crippen LogP contribution in [0.3, 0.4) is 0 Å². The van der Waals surface area contributed by atoms with Gasteiger partial charge in [-0.15, -0.1) is 0 Å². The van der Waals surface area contributed by atoms with Crippen LogP contribution in [-0.2, 0) is 9.59 Å². The Morgan fingerprint density at radius 1 is 0.941 bits per heavy atom. The van der Waals surface area contributed by atoms with Gasteiger partial charge in [-0.2, -0.15) is 26.3 Å². The minimum atomic E-state index is -5.63. The number of Topliss-reactive ketones (excluding diaryl/α,β-unsaturated/α-hetero) is 2. The first-order valence-electron chi connectivity index (χ1n) is 4.08. The summed E-state index contributed by atoms with van der Waals surface area (Å²) in [5.41, 5.74) is 0. The minimum absolute atomic E-state index is 0.0625. The molecule has 1 N–H and O–H groups in total. The summed E-state index contributed by atoms with van der Waals surface area (Å²) >= 11 is 0. The predicted octanol–water partition coefficient (Wildman–Crippen LogP) is 2.03. The Kier molecular flexibility index (Phi) is 7.06. The SMILES string of the molecule is CC(=O)CC(C)=O.OC(C(F)(F)F)C(F)(F)F. The molecule has 0 unspecified atom stereocenters. The van der Waals surface area contributed by atoms with Gasteiger partial charge in [-0.1, -0.05) is 0 Å². The highest BCUT2D eigenvalue weighted by atomic mass is 19.4. The summed E-state index contributed by atoms with van der Waals surface area (Å²) in [7, 11) is 0. The van der Waals surface area contributed by atoms with E-state index in [4.69, 9.17) is 5.11 Å². The van der Waals surface area contributed by atoms with E-state index in [2.05, 4.69) is 0 Å². The van der Waals surface area contributed by atoms with Gasteiger partial charge in [0.2, 0.25) is 6.10 Å². The fraction of sp³-hybridized carbons (Fsp3) is 0.750. The Hall–Kier alpha value is -1.12. The van der Waals surface area contributed by atoms with Crippen molar-refractivity contribution in [1.82, 2.24) is 0 Å². The number of hydrogen-bond acceptors (Lipinski definition) is 3. The fourth-order valence-corrected chi connectivity index (χ4v) is 0.536.